The Kier molecular flexibility index (Phi) is 3.92. The summed E-state index contributed by atoms with van der Waals surface area (Å²) in [4.78, 5) is 37.6. The fourth-order valence-corrected chi connectivity index (χ4v) is 4.32. The quantitative estimate of drug-likeness (QED) is 0.723. The molecule has 0 radical (unpaired) electrons. The third-order valence-electron chi connectivity index (χ3n) is 6.16. The zero-order valence-corrected chi connectivity index (χ0v) is 15.4. The van der Waals surface area contributed by atoms with Crippen molar-refractivity contribution < 1.29 is 14.0 Å². The van der Waals surface area contributed by atoms with Gasteiger partial charge in [-0.15, -0.1) is 0 Å². The van der Waals surface area contributed by atoms with Gasteiger partial charge in [-0.25, -0.2) is 4.98 Å². The molecule has 2 amide bonds. The van der Waals surface area contributed by atoms with Crippen molar-refractivity contribution in [1.82, 2.24) is 25.2 Å². The van der Waals surface area contributed by atoms with Crippen LogP contribution in [0.3, 0.4) is 0 Å². The number of nitrogens with one attached hydrogen (secondary N) is 2. The van der Waals surface area contributed by atoms with Crippen molar-refractivity contribution in [2.45, 2.75) is 19.3 Å². The van der Waals surface area contributed by atoms with Crippen LogP contribution in [0.2, 0.25) is 0 Å². The summed E-state index contributed by atoms with van der Waals surface area (Å²) in [5, 5.41) is 3.87. The van der Waals surface area contributed by atoms with Crippen LogP contribution in [0, 0.1) is 11.3 Å². The Hall–Kier alpha value is -3.16. The molecule has 1 atom stereocenters. The van der Waals surface area contributed by atoms with E-state index in [1.165, 1.54) is 0 Å². The molecule has 2 aliphatic rings. The number of hydrogen-bond donors (Lipinski definition) is 2. The van der Waals surface area contributed by atoms with Crippen LogP contribution in [0.15, 0.2) is 41.3 Å². The number of aromatic amines is 1. The van der Waals surface area contributed by atoms with E-state index < -0.39 is 0 Å². The highest BCUT2D eigenvalue weighted by Gasteiger charge is 2.54. The van der Waals surface area contributed by atoms with Crippen molar-refractivity contribution in [2.24, 2.45) is 11.3 Å². The molecule has 0 bridgehead atoms. The number of piperidine rings is 1. The van der Waals surface area contributed by atoms with Gasteiger partial charge in [0, 0.05) is 43.6 Å². The summed E-state index contributed by atoms with van der Waals surface area (Å²) in [5.41, 5.74) is 0.870. The van der Waals surface area contributed by atoms with E-state index in [9.17, 15) is 9.59 Å². The summed E-state index contributed by atoms with van der Waals surface area (Å²) in [6.07, 6.45) is 9.58. The molecule has 2 N–H and O–H groups in total. The molecule has 1 saturated heterocycles. The highest BCUT2D eigenvalue weighted by atomic mass is 16.3. The first-order chi connectivity index (χ1) is 13.6. The molecule has 28 heavy (non-hydrogen) atoms. The number of carbonyl (C=O) groups excluding carboxylic acids is 2. The normalized spacial score (nSPS) is 20.4. The molecule has 5 rings (SSSR count). The number of pyridine rings is 1. The van der Waals surface area contributed by atoms with Crippen molar-refractivity contribution in [3.63, 3.8) is 0 Å². The SMILES string of the molecule is O=C(NCC1CC12CCN(C(=O)c1ncc[nH]1)CC2)c1cc2ccncc2o1. The van der Waals surface area contributed by atoms with Gasteiger partial charge in [0.1, 0.15) is 0 Å². The van der Waals surface area contributed by atoms with Crippen LogP contribution in [0.25, 0.3) is 11.0 Å². The lowest BCUT2D eigenvalue weighted by Gasteiger charge is -2.32. The summed E-state index contributed by atoms with van der Waals surface area (Å²) in [7, 11) is 0. The number of nitrogens with zero attached hydrogens (tertiary/aromatic N) is 3. The Labute approximate surface area is 161 Å². The average molecular weight is 379 g/mol. The van der Waals surface area contributed by atoms with Gasteiger partial charge in [0.25, 0.3) is 11.8 Å². The van der Waals surface area contributed by atoms with Gasteiger partial charge >= 0.3 is 0 Å². The second-order valence-electron chi connectivity index (χ2n) is 7.73. The first-order valence-electron chi connectivity index (χ1n) is 9.55. The van der Waals surface area contributed by atoms with Gasteiger partial charge in [0.2, 0.25) is 0 Å². The first kappa shape index (κ1) is 17.0. The molecule has 4 heterocycles. The molecule has 8 nitrogen and oxygen atoms in total. The maximum Gasteiger partial charge on any atom is 0.289 e. The molecule has 1 aliphatic carbocycles. The fraction of sp³-hybridized carbons (Fsp3) is 0.400. The highest BCUT2D eigenvalue weighted by molar-refractivity contribution is 5.95. The molecule has 3 aromatic heterocycles. The van der Waals surface area contributed by atoms with Gasteiger partial charge in [-0.2, -0.15) is 0 Å². The monoisotopic (exact) mass is 379 g/mol. The van der Waals surface area contributed by atoms with Crippen molar-refractivity contribution in [2.75, 3.05) is 19.6 Å². The minimum Gasteiger partial charge on any atom is -0.449 e. The number of likely N-dealkylation sites (tertiary alicyclic amines) is 1. The average Bonchev–Trinajstić information content (AvgIpc) is 3.13. The topological polar surface area (TPSA) is 104 Å². The maximum atomic E-state index is 12.4. The molecule has 0 aromatic carbocycles. The van der Waals surface area contributed by atoms with Crippen LogP contribution in [0.5, 0.6) is 0 Å². The molecule has 8 heteroatoms. The number of carbonyl (C=O) groups is 2. The Morgan fingerprint density at radius 2 is 2.18 bits per heavy atom. The van der Waals surface area contributed by atoms with Crippen LogP contribution in [0.4, 0.5) is 0 Å². The molecule has 1 saturated carbocycles. The number of H-pyrrole nitrogens is 1. The second-order valence-corrected chi connectivity index (χ2v) is 7.73. The van der Waals surface area contributed by atoms with Crippen molar-refractivity contribution >= 4 is 22.8 Å². The molecule has 1 spiro atoms. The number of imidazole rings is 1. The third kappa shape index (κ3) is 2.94. The minimum absolute atomic E-state index is 0.0373. The molecule has 1 unspecified atom stereocenters. The van der Waals surface area contributed by atoms with E-state index >= 15 is 0 Å². The minimum atomic E-state index is -0.191. The molecule has 1 aliphatic heterocycles. The molecule has 2 fully saturated rings. The van der Waals surface area contributed by atoms with E-state index in [0.29, 0.717) is 29.6 Å². The summed E-state index contributed by atoms with van der Waals surface area (Å²) in [6.45, 7) is 2.11. The van der Waals surface area contributed by atoms with Crippen molar-refractivity contribution in [1.29, 1.82) is 0 Å². The zero-order valence-electron chi connectivity index (χ0n) is 15.4. The molecule has 3 aromatic rings. The van der Waals surface area contributed by atoms with Crippen LogP contribution in [-0.4, -0.2) is 51.3 Å². The van der Waals surface area contributed by atoms with Crippen molar-refractivity contribution in [3.8, 4) is 0 Å². The fourth-order valence-electron chi connectivity index (χ4n) is 4.32. The summed E-state index contributed by atoms with van der Waals surface area (Å²) in [5.74, 6) is 0.949. The van der Waals surface area contributed by atoms with E-state index in [1.54, 1.807) is 30.9 Å². The Morgan fingerprint density at radius 3 is 2.93 bits per heavy atom. The number of aromatic nitrogens is 3. The number of furan rings is 1. The van der Waals surface area contributed by atoms with Gasteiger partial charge in [-0.1, -0.05) is 0 Å². The number of hydrogen-bond acceptors (Lipinski definition) is 5. The molecule has 144 valence electrons. The van der Waals surface area contributed by atoms with E-state index in [4.69, 9.17) is 4.42 Å². The van der Waals surface area contributed by atoms with Gasteiger partial charge in [-0.05, 0) is 42.7 Å². The third-order valence-corrected chi connectivity index (χ3v) is 6.16. The zero-order chi connectivity index (χ0) is 19.1. The van der Waals surface area contributed by atoms with E-state index in [2.05, 4.69) is 20.3 Å². The number of rotatable bonds is 4. The van der Waals surface area contributed by atoms with Crippen LogP contribution in [-0.2, 0) is 0 Å². The lowest BCUT2D eigenvalue weighted by atomic mass is 9.90. The van der Waals surface area contributed by atoms with E-state index in [-0.39, 0.29) is 17.2 Å². The van der Waals surface area contributed by atoms with Crippen LogP contribution >= 0.6 is 0 Å². The van der Waals surface area contributed by atoms with Gasteiger partial charge in [0.15, 0.2) is 17.2 Å². The number of fused-ring (bicyclic) bond motifs is 1. The van der Waals surface area contributed by atoms with Gasteiger partial charge in [0.05, 0.1) is 6.20 Å². The largest absolute Gasteiger partial charge is 0.449 e. The van der Waals surface area contributed by atoms with E-state index in [1.807, 2.05) is 11.0 Å². The molecular weight excluding hydrogens is 358 g/mol. The van der Waals surface area contributed by atoms with Crippen LogP contribution < -0.4 is 5.32 Å². The Morgan fingerprint density at radius 1 is 1.32 bits per heavy atom. The number of amides is 2. The van der Waals surface area contributed by atoms with Crippen molar-refractivity contribution in [3.05, 3.63) is 48.5 Å². The Balaban J connectivity index is 1.14. The summed E-state index contributed by atoms with van der Waals surface area (Å²) >= 11 is 0. The smallest absolute Gasteiger partial charge is 0.289 e. The predicted octanol–water partition coefficient (Wildman–Crippen LogP) is 2.22. The predicted molar refractivity (Wildman–Crippen MR) is 101 cm³/mol. The maximum absolute atomic E-state index is 12.4. The lowest BCUT2D eigenvalue weighted by Crippen LogP contribution is -2.40. The summed E-state index contributed by atoms with van der Waals surface area (Å²) < 4.78 is 5.57. The standard InChI is InChI=1S/C20H21N5O3/c26-18(15-9-13-1-4-21-12-16(13)28-15)24-11-14-10-20(14)2-7-25(8-3-20)19(27)17-22-5-6-23-17/h1,4-6,9,12,14H,2-3,7-8,10-11H2,(H,22,23)(H,24,26). The highest BCUT2D eigenvalue weighted by Crippen LogP contribution is 2.59. The lowest BCUT2D eigenvalue weighted by molar-refractivity contribution is 0.0657. The Bertz CT molecular complexity index is 985. The van der Waals surface area contributed by atoms with Gasteiger partial charge < -0.3 is 19.6 Å². The molecular formula is C20H21N5O3. The van der Waals surface area contributed by atoms with E-state index in [0.717, 1.165) is 37.7 Å². The summed E-state index contributed by atoms with van der Waals surface area (Å²) in [6, 6.07) is 3.57. The first-order valence-corrected chi connectivity index (χ1v) is 9.55. The van der Waals surface area contributed by atoms with Crippen LogP contribution in [0.1, 0.15) is 40.4 Å². The second kappa shape index (κ2) is 6.47. The van der Waals surface area contributed by atoms with Gasteiger partial charge in [-0.3, -0.25) is 14.6 Å².